The third kappa shape index (κ3) is 3.63. The summed E-state index contributed by atoms with van der Waals surface area (Å²) in [7, 11) is -1.97. The number of hydrogen-bond donors (Lipinski definition) is 0. The Bertz CT molecular complexity index is 445. The molecule has 0 atom stereocenters. The minimum atomic E-state index is -3.52. The molecule has 0 amide bonds. The van der Waals surface area contributed by atoms with Gasteiger partial charge in [0.1, 0.15) is 11.5 Å². The lowest BCUT2D eigenvalue weighted by atomic mass is 10.2. The van der Waals surface area contributed by atoms with Gasteiger partial charge < -0.3 is 8.92 Å². The third-order valence-electron chi connectivity index (χ3n) is 1.66. The van der Waals surface area contributed by atoms with E-state index >= 15 is 0 Å². The second kappa shape index (κ2) is 4.35. The minimum absolute atomic E-state index is 0.0974. The summed E-state index contributed by atoms with van der Waals surface area (Å²) < 4.78 is 31.3. The van der Waals surface area contributed by atoms with Crippen LogP contribution in [-0.4, -0.2) is 21.8 Å². The first-order chi connectivity index (χ1) is 6.92. The van der Waals surface area contributed by atoms with Crippen LogP contribution in [0.1, 0.15) is 5.56 Å². The molecule has 1 aromatic rings. The van der Waals surface area contributed by atoms with Crippen LogP contribution in [0, 0.1) is 0 Å². The van der Waals surface area contributed by atoms with Crippen LogP contribution in [-0.2, 0) is 14.3 Å². The highest BCUT2D eigenvalue weighted by Crippen LogP contribution is 2.19. The summed E-state index contributed by atoms with van der Waals surface area (Å²) in [5, 5.41) is 0. The molecule has 82 valence electrons. The molecule has 0 N–H and O–H groups in total. The van der Waals surface area contributed by atoms with Crippen LogP contribution in [0.25, 0.3) is 5.76 Å². The zero-order valence-electron chi connectivity index (χ0n) is 8.56. The van der Waals surface area contributed by atoms with Gasteiger partial charge in [-0.25, -0.2) is 0 Å². The molecular weight excluding hydrogens is 216 g/mol. The summed E-state index contributed by atoms with van der Waals surface area (Å²) in [4.78, 5) is 0. The summed E-state index contributed by atoms with van der Waals surface area (Å²) in [5.41, 5.74) is 0.598. The quantitative estimate of drug-likeness (QED) is 0.580. The summed E-state index contributed by atoms with van der Waals surface area (Å²) in [5.74, 6) is 0.783. The van der Waals surface area contributed by atoms with E-state index in [2.05, 4.69) is 10.8 Å². The van der Waals surface area contributed by atoms with E-state index in [0.717, 1.165) is 6.26 Å². The molecule has 1 rings (SSSR count). The minimum Gasteiger partial charge on any atom is -0.497 e. The Morgan fingerprint density at radius 3 is 2.20 bits per heavy atom. The lowest BCUT2D eigenvalue weighted by Gasteiger charge is -2.06. The second-order valence-corrected chi connectivity index (χ2v) is 4.51. The van der Waals surface area contributed by atoms with Crippen LogP contribution in [0.3, 0.4) is 0 Å². The van der Waals surface area contributed by atoms with Gasteiger partial charge in [0.2, 0.25) is 0 Å². The van der Waals surface area contributed by atoms with Gasteiger partial charge in [-0.2, -0.15) is 8.42 Å². The second-order valence-electron chi connectivity index (χ2n) is 2.94. The Balaban J connectivity index is 2.84. The maximum atomic E-state index is 10.8. The predicted octanol–water partition coefficient (Wildman–Crippen LogP) is 1.64. The monoisotopic (exact) mass is 228 g/mol. The SMILES string of the molecule is C=C(OS(C)(=O)=O)c1ccc(OC)cc1. The van der Waals surface area contributed by atoms with Crippen molar-refractivity contribution in [2.45, 2.75) is 0 Å². The molecular formula is C10H12O4S. The van der Waals surface area contributed by atoms with Gasteiger partial charge in [0.15, 0.2) is 0 Å². The fourth-order valence-corrected chi connectivity index (χ4v) is 1.47. The molecule has 4 nitrogen and oxygen atoms in total. The van der Waals surface area contributed by atoms with Crippen LogP contribution < -0.4 is 4.74 Å². The van der Waals surface area contributed by atoms with E-state index in [-0.39, 0.29) is 5.76 Å². The summed E-state index contributed by atoms with van der Waals surface area (Å²) in [6, 6.07) is 6.75. The zero-order valence-corrected chi connectivity index (χ0v) is 9.37. The topological polar surface area (TPSA) is 52.6 Å². The normalized spacial score (nSPS) is 10.8. The smallest absolute Gasteiger partial charge is 0.306 e. The molecule has 0 aliphatic carbocycles. The highest BCUT2D eigenvalue weighted by molar-refractivity contribution is 7.86. The molecule has 0 aromatic heterocycles. The lowest BCUT2D eigenvalue weighted by molar-refractivity contribution is 0.414. The summed E-state index contributed by atoms with van der Waals surface area (Å²) in [6.45, 7) is 3.52. The van der Waals surface area contributed by atoms with Crippen molar-refractivity contribution in [2.24, 2.45) is 0 Å². The molecule has 0 heterocycles. The molecule has 0 radical (unpaired) electrons. The van der Waals surface area contributed by atoms with Crippen molar-refractivity contribution in [3.8, 4) is 5.75 Å². The first kappa shape index (κ1) is 11.6. The fraction of sp³-hybridized carbons (Fsp3) is 0.200. The third-order valence-corrected chi connectivity index (χ3v) is 2.17. The summed E-state index contributed by atoms with van der Waals surface area (Å²) in [6.07, 6.45) is 0.974. The Kier molecular flexibility index (Phi) is 3.36. The van der Waals surface area contributed by atoms with Crippen LogP contribution in [0.15, 0.2) is 30.8 Å². The Labute approximate surface area is 89.3 Å². The van der Waals surface area contributed by atoms with E-state index in [1.807, 2.05) is 0 Å². The van der Waals surface area contributed by atoms with Gasteiger partial charge in [0, 0.05) is 5.56 Å². The van der Waals surface area contributed by atoms with Gasteiger partial charge >= 0.3 is 10.1 Å². The average Bonchev–Trinajstić information content (AvgIpc) is 2.15. The number of ether oxygens (including phenoxy) is 1. The maximum absolute atomic E-state index is 10.8. The first-order valence-corrected chi connectivity index (χ1v) is 5.97. The van der Waals surface area contributed by atoms with Crippen molar-refractivity contribution in [3.63, 3.8) is 0 Å². The van der Waals surface area contributed by atoms with Gasteiger partial charge in [-0.15, -0.1) is 0 Å². The highest BCUT2D eigenvalue weighted by Gasteiger charge is 2.07. The zero-order chi connectivity index (χ0) is 11.5. The van der Waals surface area contributed by atoms with E-state index in [0.29, 0.717) is 11.3 Å². The average molecular weight is 228 g/mol. The van der Waals surface area contributed by atoms with Crippen molar-refractivity contribution >= 4 is 15.9 Å². The van der Waals surface area contributed by atoms with Crippen molar-refractivity contribution in [1.29, 1.82) is 0 Å². The van der Waals surface area contributed by atoms with Gasteiger partial charge in [-0.1, -0.05) is 6.58 Å². The Morgan fingerprint density at radius 2 is 1.80 bits per heavy atom. The molecule has 0 bridgehead atoms. The van der Waals surface area contributed by atoms with E-state index < -0.39 is 10.1 Å². The number of methoxy groups -OCH3 is 1. The van der Waals surface area contributed by atoms with Crippen molar-refractivity contribution in [2.75, 3.05) is 13.4 Å². The Hall–Kier alpha value is -1.49. The maximum Gasteiger partial charge on any atom is 0.306 e. The molecule has 0 saturated carbocycles. The molecule has 1 aromatic carbocycles. The van der Waals surface area contributed by atoms with Crippen LogP contribution >= 0.6 is 0 Å². The van der Waals surface area contributed by atoms with Crippen molar-refractivity contribution in [3.05, 3.63) is 36.4 Å². The van der Waals surface area contributed by atoms with E-state index in [4.69, 9.17) is 4.74 Å². The molecule has 15 heavy (non-hydrogen) atoms. The van der Waals surface area contributed by atoms with E-state index in [9.17, 15) is 8.42 Å². The van der Waals surface area contributed by atoms with Crippen LogP contribution in [0.5, 0.6) is 5.75 Å². The molecule has 0 saturated heterocycles. The number of hydrogen-bond acceptors (Lipinski definition) is 4. The lowest BCUT2D eigenvalue weighted by Crippen LogP contribution is -2.01. The van der Waals surface area contributed by atoms with Gasteiger partial charge in [-0.3, -0.25) is 0 Å². The number of rotatable bonds is 4. The fourth-order valence-electron chi connectivity index (χ4n) is 1.01. The van der Waals surface area contributed by atoms with Crippen LogP contribution in [0.4, 0.5) is 0 Å². The molecule has 0 fully saturated rings. The van der Waals surface area contributed by atoms with Crippen molar-refractivity contribution < 1.29 is 17.3 Å². The van der Waals surface area contributed by atoms with E-state index in [1.54, 1.807) is 31.4 Å². The van der Waals surface area contributed by atoms with Crippen LogP contribution in [0.2, 0.25) is 0 Å². The van der Waals surface area contributed by atoms with E-state index in [1.165, 1.54) is 0 Å². The first-order valence-electron chi connectivity index (χ1n) is 4.15. The van der Waals surface area contributed by atoms with Gasteiger partial charge in [0.05, 0.1) is 13.4 Å². The standard InChI is InChI=1S/C10H12O4S/c1-8(14-15(3,11)12)9-4-6-10(13-2)7-5-9/h4-7H,1H2,2-3H3. The molecule has 5 heteroatoms. The Morgan fingerprint density at radius 1 is 1.27 bits per heavy atom. The summed E-state index contributed by atoms with van der Waals surface area (Å²) >= 11 is 0. The molecule has 0 unspecified atom stereocenters. The molecule has 0 aliphatic heterocycles. The van der Waals surface area contributed by atoms with Gasteiger partial charge in [0.25, 0.3) is 0 Å². The van der Waals surface area contributed by atoms with Gasteiger partial charge in [-0.05, 0) is 24.3 Å². The predicted molar refractivity (Wildman–Crippen MR) is 58.0 cm³/mol. The number of benzene rings is 1. The molecule has 0 spiro atoms. The van der Waals surface area contributed by atoms with Crippen molar-refractivity contribution in [1.82, 2.24) is 0 Å². The largest absolute Gasteiger partial charge is 0.497 e. The highest BCUT2D eigenvalue weighted by atomic mass is 32.2. The molecule has 0 aliphatic rings.